The lowest BCUT2D eigenvalue weighted by Crippen LogP contribution is -1.94. The van der Waals surface area contributed by atoms with Gasteiger partial charge in [-0.05, 0) is 31.9 Å². The van der Waals surface area contributed by atoms with Crippen LogP contribution in [-0.4, -0.2) is 15.1 Å². The summed E-state index contributed by atoms with van der Waals surface area (Å²) in [7, 11) is 0. The smallest absolute Gasteiger partial charge is 0.271 e. The molecule has 2 aromatic rings. The summed E-state index contributed by atoms with van der Waals surface area (Å²) >= 11 is 0. The summed E-state index contributed by atoms with van der Waals surface area (Å²) in [5, 5.41) is 17.4. The molecule has 0 aliphatic carbocycles. The van der Waals surface area contributed by atoms with Gasteiger partial charge in [0.05, 0.1) is 4.92 Å². The minimum absolute atomic E-state index is 0.0139. The number of H-pyrrole nitrogens is 1. The van der Waals surface area contributed by atoms with Crippen molar-refractivity contribution in [2.75, 3.05) is 0 Å². The van der Waals surface area contributed by atoms with E-state index < -0.39 is 4.92 Å². The second-order valence-electron chi connectivity index (χ2n) is 4.16. The molecule has 0 radical (unpaired) electrons. The second-order valence-corrected chi connectivity index (χ2v) is 4.16. The van der Waals surface area contributed by atoms with E-state index in [-0.39, 0.29) is 5.69 Å². The van der Waals surface area contributed by atoms with Crippen molar-refractivity contribution in [2.45, 2.75) is 20.8 Å². The fourth-order valence-corrected chi connectivity index (χ4v) is 2.18. The van der Waals surface area contributed by atoms with E-state index in [1.807, 2.05) is 32.9 Å². The molecule has 0 amide bonds. The molecular formula is C12H13N3O2. The van der Waals surface area contributed by atoms with Crippen LogP contribution in [0.15, 0.2) is 18.3 Å². The Balaban J connectivity index is 2.69. The van der Waals surface area contributed by atoms with Crippen LogP contribution in [-0.2, 0) is 0 Å². The van der Waals surface area contributed by atoms with Crippen molar-refractivity contribution in [1.29, 1.82) is 0 Å². The zero-order chi connectivity index (χ0) is 12.6. The number of hydrogen-bond acceptors (Lipinski definition) is 3. The summed E-state index contributed by atoms with van der Waals surface area (Å²) in [6.07, 6.45) is 1.24. The third kappa shape index (κ3) is 1.91. The van der Waals surface area contributed by atoms with Crippen LogP contribution < -0.4 is 0 Å². The Labute approximate surface area is 98.6 Å². The molecule has 0 aliphatic rings. The fourth-order valence-electron chi connectivity index (χ4n) is 2.18. The summed E-state index contributed by atoms with van der Waals surface area (Å²) in [6.45, 7) is 5.89. The molecule has 0 spiro atoms. The largest absolute Gasteiger partial charge is 0.314 e. The summed E-state index contributed by atoms with van der Waals surface area (Å²) in [5.74, 6) is 0. The quantitative estimate of drug-likeness (QED) is 0.638. The van der Waals surface area contributed by atoms with Gasteiger partial charge in [0.1, 0.15) is 11.9 Å². The molecule has 5 nitrogen and oxygen atoms in total. The molecule has 88 valence electrons. The lowest BCUT2D eigenvalue weighted by molar-refractivity contribution is -0.384. The SMILES string of the molecule is Cc1cc(C)c(-c2[nH]ncc2[N+](=O)[O-])c(C)c1. The molecule has 0 saturated heterocycles. The number of nitrogens with one attached hydrogen (secondary N) is 1. The van der Waals surface area contributed by atoms with Gasteiger partial charge < -0.3 is 0 Å². The first-order valence-corrected chi connectivity index (χ1v) is 5.26. The van der Waals surface area contributed by atoms with Crippen molar-refractivity contribution < 1.29 is 4.92 Å². The molecule has 0 atom stereocenters. The number of hydrogen-bond donors (Lipinski definition) is 1. The molecule has 0 saturated carbocycles. The first kappa shape index (κ1) is 11.3. The van der Waals surface area contributed by atoms with Gasteiger partial charge in [0, 0.05) is 5.56 Å². The molecule has 1 aromatic carbocycles. The van der Waals surface area contributed by atoms with Gasteiger partial charge in [0.25, 0.3) is 0 Å². The Morgan fingerprint density at radius 2 is 1.82 bits per heavy atom. The predicted octanol–water partition coefficient (Wildman–Crippen LogP) is 2.91. The van der Waals surface area contributed by atoms with E-state index in [4.69, 9.17) is 0 Å². The fraction of sp³-hybridized carbons (Fsp3) is 0.250. The van der Waals surface area contributed by atoms with E-state index in [0.717, 1.165) is 22.3 Å². The van der Waals surface area contributed by atoms with Gasteiger partial charge in [-0.15, -0.1) is 0 Å². The van der Waals surface area contributed by atoms with Crippen molar-refractivity contribution >= 4 is 5.69 Å². The van der Waals surface area contributed by atoms with Gasteiger partial charge in [0.15, 0.2) is 0 Å². The third-order valence-corrected chi connectivity index (χ3v) is 2.74. The van der Waals surface area contributed by atoms with Crippen molar-refractivity contribution in [1.82, 2.24) is 10.2 Å². The second kappa shape index (κ2) is 4.01. The standard InChI is InChI=1S/C12H13N3O2/c1-7-4-8(2)11(9(3)5-7)12-10(15(16)17)6-13-14-12/h4-6H,1-3H3,(H,13,14). The zero-order valence-corrected chi connectivity index (χ0v) is 9.94. The highest BCUT2D eigenvalue weighted by atomic mass is 16.6. The van der Waals surface area contributed by atoms with E-state index in [9.17, 15) is 10.1 Å². The third-order valence-electron chi connectivity index (χ3n) is 2.74. The van der Waals surface area contributed by atoms with Gasteiger partial charge in [-0.25, -0.2) is 0 Å². The Morgan fingerprint density at radius 3 is 2.35 bits per heavy atom. The van der Waals surface area contributed by atoms with Gasteiger partial charge in [0.2, 0.25) is 0 Å². The highest BCUT2D eigenvalue weighted by molar-refractivity contribution is 5.75. The Morgan fingerprint density at radius 1 is 1.24 bits per heavy atom. The molecule has 0 bridgehead atoms. The maximum absolute atomic E-state index is 10.9. The van der Waals surface area contributed by atoms with E-state index in [0.29, 0.717) is 5.69 Å². The molecule has 1 aromatic heterocycles. The monoisotopic (exact) mass is 231 g/mol. The topological polar surface area (TPSA) is 71.8 Å². The summed E-state index contributed by atoms with van der Waals surface area (Å²) in [4.78, 5) is 10.5. The predicted molar refractivity (Wildman–Crippen MR) is 64.9 cm³/mol. The number of nitro groups is 1. The molecular weight excluding hydrogens is 218 g/mol. The average molecular weight is 231 g/mol. The first-order valence-electron chi connectivity index (χ1n) is 5.26. The lowest BCUT2D eigenvalue weighted by atomic mass is 9.97. The first-order chi connectivity index (χ1) is 8.00. The van der Waals surface area contributed by atoms with Crippen LogP contribution in [0.3, 0.4) is 0 Å². The summed E-state index contributed by atoms with van der Waals surface area (Å²) in [6, 6.07) is 4.01. The van der Waals surface area contributed by atoms with Crippen LogP contribution in [0.25, 0.3) is 11.3 Å². The molecule has 5 heteroatoms. The number of aromatic nitrogens is 2. The van der Waals surface area contributed by atoms with Crippen molar-refractivity contribution in [2.24, 2.45) is 0 Å². The lowest BCUT2D eigenvalue weighted by Gasteiger charge is -2.08. The van der Waals surface area contributed by atoms with E-state index in [1.165, 1.54) is 6.20 Å². The van der Waals surface area contributed by atoms with E-state index in [2.05, 4.69) is 10.2 Å². The van der Waals surface area contributed by atoms with Crippen molar-refractivity contribution in [3.8, 4) is 11.3 Å². The molecule has 1 heterocycles. The van der Waals surface area contributed by atoms with Gasteiger partial charge in [-0.1, -0.05) is 17.7 Å². The van der Waals surface area contributed by atoms with Gasteiger partial charge in [-0.2, -0.15) is 5.10 Å². The number of aromatic amines is 1. The summed E-state index contributed by atoms with van der Waals surface area (Å²) < 4.78 is 0. The maximum atomic E-state index is 10.9. The molecule has 0 unspecified atom stereocenters. The average Bonchev–Trinajstić information content (AvgIpc) is 2.64. The van der Waals surface area contributed by atoms with Crippen molar-refractivity contribution in [3.63, 3.8) is 0 Å². The van der Waals surface area contributed by atoms with Crippen molar-refractivity contribution in [3.05, 3.63) is 45.1 Å². The molecule has 17 heavy (non-hydrogen) atoms. The van der Waals surface area contributed by atoms with Crippen LogP contribution in [0.1, 0.15) is 16.7 Å². The van der Waals surface area contributed by atoms with E-state index >= 15 is 0 Å². The molecule has 0 fully saturated rings. The highest BCUT2D eigenvalue weighted by Gasteiger charge is 2.20. The number of nitrogens with zero attached hydrogens (tertiary/aromatic N) is 2. The van der Waals surface area contributed by atoms with Crippen LogP contribution in [0.5, 0.6) is 0 Å². The molecule has 0 aliphatic heterocycles. The minimum Gasteiger partial charge on any atom is -0.271 e. The number of benzene rings is 1. The normalized spacial score (nSPS) is 10.5. The Kier molecular flexibility index (Phi) is 2.67. The maximum Gasteiger partial charge on any atom is 0.314 e. The van der Waals surface area contributed by atoms with Crippen LogP contribution in [0, 0.1) is 30.9 Å². The Hall–Kier alpha value is -2.17. The van der Waals surface area contributed by atoms with Gasteiger partial charge >= 0.3 is 5.69 Å². The zero-order valence-electron chi connectivity index (χ0n) is 9.94. The van der Waals surface area contributed by atoms with Crippen LogP contribution >= 0.6 is 0 Å². The van der Waals surface area contributed by atoms with E-state index in [1.54, 1.807) is 0 Å². The minimum atomic E-state index is -0.419. The Bertz CT molecular complexity index is 564. The highest BCUT2D eigenvalue weighted by Crippen LogP contribution is 2.32. The number of aryl methyl sites for hydroxylation is 3. The van der Waals surface area contributed by atoms with Crippen LogP contribution in [0.4, 0.5) is 5.69 Å². The van der Waals surface area contributed by atoms with Crippen LogP contribution in [0.2, 0.25) is 0 Å². The van der Waals surface area contributed by atoms with Gasteiger partial charge in [-0.3, -0.25) is 15.2 Å². The summed E-state index contributed by atoms with van der Waals surface area (Å²) in [5.41, 5.74) is 4.51. The molecule has 1 N–H and O–H groups in total. The molecule has 2 rings (SSSR count). The number of rotatable bonds is 2.